The zero-order valence-corrected chi connectivity index (χ0v) is 13.2. The van der Waals surface area contributed by atoms with Gasteiger partial charge in [-0.25, -0.2) is 4.79 Å². The van der Waals surface area contributed by atoms with Crippen LogP contribution in [0.5, 0.6) is 0 Å². The summed E-state index contributed by atoms with van der Waals surface area (Å²) in [5.74, 6) is 0. The molecule has 120 valence electrons. The van der Waals surface area contributed by atoms with E-state index in [0.717, 1.165) is 6.42 Å². The van der Waals surface area contributed by atoms with E-state index in [-0.39, 0.29) is 17.9 Å². The van der Waals surface area contributed by atoms with Gasteiger partial charge in [-0.2, -0.15) is 0 Å². The lowest BCUT2D eigenvalue weighted by atomic mass is 9.86. The average molecular weight is 309 g/mol. The molecular weight excluding hydrogens is 284 g/mol. The maximum Gasteiger partial charge on any atom is 0.406 e. The second-order valence-corrected chi connectivity index (χ2v) is 5.31. The Morgan fingerprint density at radius 2 is 1.95 bits per heavy atom. The molecule has 7 nitrogen and oxygen atoms in total. The lowest BCUT2D eigenvalue weighted by Gasteiger charge is -2.30. The zero-order chi connectivity index (χ0) is 16.3. The molecule has 0 aliphatic heterocycles. The fourth-order valence-electron chi connectivity index (χ4n) is 1.34. The molecule has 20 heavy (non-hydrogen) atoms. The summed E-state index contributed by atoms with van der Waals surface area (Å²) in [4.78, 5) is 20.3. The van der Waals surface area contributed by atoms with Gasteiger partial charge in [-0.3, -0.25) is 0 Å². The minimum absolute atomic E-state index is 0.171. The highest BCUT2D eigenvalue weighted by Gasteiger charge is 2.34. The largest absolute Gasteiger partial charge is 0.719 e. The van der Waals surface area contributed by atoms with E-state index in [1.54, 1.807) is 6.92 Å². The van der Waals surface area contributed by atoms with Gasteiger partial charge in [0.25, 0.3) is 0 Å². The zero-order valence-electron chi connectivity index (χ0n) is 12.4. The Balaban J connectivity index is 0. The van der Waals surface area contributed by atoms with E-state index in [1.165, 1.54) is 0 Å². The maximum absolute atomic E-state index is 10.3. The van der Waals surface area contributed by atoms with Gasteiger partial charge in [-0.05, 0) is 20.3 Å². The topological polar surface area (TPSA) is 122 Å². The number of nitrogens with one attached hydrogen (secondary N) is 1. The van der Waals surface area contributed by atoms with Crippen molar-refractivity contribution in [2.75, 3.05) is 6.61 Å². The minimum Gasteiger partial charge on any atom is -0.719 e. The highest BCUT2D eigenvalue weighted by Crippen LogP contribution is 2.27. The minimum atomic E-state index is -1.35. The summed E-state index contributed by atoms with van der Waals surface area (Å²) in [6, 6.07) is 0.171. The SMILES string of the molecule is CC(C)NC(=O)[S-].CCCC(C)(CO)C(O)OC(N)=O. The van der Waals surface area contributed by atoms with Crippen LogP contribution in [0.3, 0.4) is 0 Å². The Bertz CT molecular complexity index is 302. The van der Waals surface area contributed by atoms with Crippen LogP contribution in [0, 0.1) is 5.41 Å². The molecule has 0 aliphatic carbocycles. The van der Waals surface area contributed by atoms with Crippen LogP contribution >= 0.6 is 0 Å². The van der Waals surface area contributed by atoms with Crippen LogP contribution in [0.1, 0.15) is 40.5 Å². The number of carbonyl (C=O) groups is 2. The third-order valence-electron chi connectivity index (χ3n) is 2.41. The number of nitrogens with two attached hydrogens (primary N) is 1. The summed E-state index contributed by atoms with van der Waals surface area (Å²) in [7, 11) is 0. The molecule has 2 unspecified atom stereocenters. The number of aliphatic hydroxyl groups excluding tert-OH is 2. The van der Waals surface area contributed by atoms with Crippen molar-refractivity contribution in [3.8, 4) is 0 Å². The van der Waals surface area contributed by atoms with Crippen molar-refractivity contribution in [1.29, 1.82) is 0 Å². The first-order valence-corrected chi connectivity index (χ1v) is 6.72. The van der Waals surface area contributed by atoms with Gasteiger partial charge in [0.15, 0.2) is 0 Å². The highest BCUT2D eigenvalue weighted by molar-refractivity contribution is 7.76. The van der Waals surface area contributed by atoms with E-state index >= 15 is 0 Å². The van der Waals surface area contributed by atoms with Crippen molar-refractivity contribution in [3.05, 3.63) is 0 Å². The summed E-state index contributed by atoms with van der Waals surface area (Å²) < 4.78 is 4.39. The van der Waals surface area contributed by atoms with E-state index in [9.17, 15) is 14.7 Å². The van der Waals surface area contributed by atoms with E-state index in [4.69, 9.17) is 10.8 Å². The van der Waals surface area contributed by atoms with Gasteiger partial charge in [-0.15, -0.1) is 0 Å². The van der Waals surface area contributed by atoms with Gasteiger partial charge in [-0.1, -0.05) is 20.3 Å². The van der Waals surface area contributed by atoms with Crippen molar-refractivity contribution in [2.24, 2.45) is 11.1 Å². The van der Waals surface area contributed by atoms with Gasteiger partial charge < -0.3 is 43.4 Å². The molecule has 0 aliphatic rings. The van der Waals surface area contributed by atoms with Crippen LogP contribution < -0.4 is 11.1 Å². The predicted molar refractivity (Wildman–Crippen MR) is 77.8 cm³/mol. The number of hydrogen-bond acceptors (Lipinski definition) is 6. The Kier molecular flexibility index (Phi) is 11.3. The van der Waals surface area contributed by atoms with Gasteiger partial charge in [0, 0.05) is 6.04 Å². The molecule has 0 aromatic carbocycles. The van der Waals surface area contributed by atoms with Crippen molar-refractivity contribution >= 4 is 24.0 Å². The molecule has 0 saturated carbocycles. The normalized spacial score (nSPS) is 14.6. The quantitative estimate of drug-likeness (QED) is 0.426. The van der Waals surface area contributed by atoms with Crippen LogP contribution in [0.15, 0.2) is 0 Å². The molecule has 2 atom stereocenters. The molecule has 0 heterocycles. The molecule has 0 fully saturated rings. The van der Waals surface area contributed by atoms with E-state index in [2.05, 4.69) is 22.7 Å². The predicted octanol–water partition coefficient (Wildman–Crippen LogP) is 0.850. The molecule has 0 bridgehead atoms. The average Bonchev–Trinajstić information content (AvgIpc) is 2.27. The van der Waals surface area contributed by atoms with Crippen LogP contribution in [-0.4, -0.2) is 40.5 Å². The molecule has 0 aromatic rings. The summed E-state index contributed by atoms with van der Waals surface area (Å²) in [5, 5.41) is 20.5. The van der Waals surface area contributed by atoms with Crippen molar-refractivity contribution in [2.45, 2.75) is 52.9 Å². The van der Waals surface area contributed by atoms with E-state index < -0.39 is 17.8 Å². The molecular formula is C12H25N2O5S-. The number of rotatable bonds is 6. The van der Waals surface area contributed by atoms with Gasteiger partial charge >= 0.3 is 6.09 Å². The first-order chi connectivity index (χ1) is 9.08. The van der Waals surface area contributed by atoms with Crippen molar-refractivity contribution < 1.29 is 24.5 Å². The fourth-order valence-corrected chi connectivity index (χ4v) is 1.58. The number of carbonyl (C=O) groups excluding carboxylic acids is 2. The van der Waals surface area contributed by atoms with Crippen LogP contribution in [0.4, 0.5) is 9.59 Å². The third-order valence-corrected chi connectivity index (χ3v) is 2.53. The number of aliphatic hydroxyl groups is 2. The number of primary amides is 1. The van der Waals surface area contributed by atoms with Gasteiger partial charge in [0.05, 0.1) is 17.3 Å². The van der Waals surface area contributed by atoms with Crippen LogP contribution in [0.25, 0.3) is 0 Å². The van der Waals surface area contributed by atoms with Crippen LogP contribution in [0.2, 0.25) is 0 Å². The lowest BCUT2D eigenvalue weighted by Crippen LogP contribution is -2.40. The van der Waals surface area contributed by atoms with E-state index in [0.29, 0.717) is 6.42 Å². The number of amides is 2. The number of hydrogen-bond donors (Lipinski definition) is 4. The summed E-state index contributed by atoms with van der Waals surface area (Å²) in [6.07, 6.45) is -1.06. The second-order valence-electron chi connectivity index (χ2n) is 4.94. The Hall–Kier alpha value is -1.12. The second kappa shape index (κ2) is 10.6. The Morgan fingerprint density at radius 1 is 1.45 bits per heavy atom. The summed E-state index contributed by atoms with van der Waals surface area (Å²) in [5.41, 5.74) is 3.91. The van der Waals surface area contributed by atoms with Gasteiger partial charge in [0.1, 0.15) is 0 Å². The summed E-state index contributed by atoms with van der Waals surface area (Å²) in [6.45, 7) is 7.01. The molecule has 0 aromatic heterocycles. The first-order valence-electron chi connectivity index (χ1n) is 6.31. The molecule has 8 heteroatoms. The Labute approximate surface area is 125 Å². The highest BCUT2D eigenvalue weighted by atomic mass is 32.1. The molecule has 0 rings (SSSR count). The molecule has 0 spiro atoms. The molecule has 5 N–H and O–H groups in total. The molecule has 0 radical (unpaired) electrons. The van der Waals surface area contributed by atoms with Crippen molar-refractivity contribution in [1.82, 2.24) is 5.32 Å². The number of ether oxygens (including phenoxy) is 1. The smallest absolute Gasteiger partial charge is 0.406 e. The molecule has 0 saturated heterocycles. The Morgan fingerprint density at radius 3 is 2.15 bits per heavy atom. The van der Waals surface area contributed by atoms with Crippen molar-refractivity contribution in [3.63, 3.8) is 0 Å². The maximum atomic E-state index is 10.3. The lowest BCUT2D eigenvalue weighted by molar-refractivity contribution is -0.147. The third kappa shape index (κ3) is 10.8. The van der Waals surface area contributed by atoms with Gasteiger partial charge in [0.2, 0.25) is 6.29 Å². The summed E-state index contributed by atoms with van der Waals surface area (Å²) >= 11 is 4.21. The molecule has 2 amide bonds. The first kappa shape index (κ1) is 21.2. The van der Waals surface area contributed by atoms with Crippen LogP contribution in [-0.2, 0) is 17.4 Å². The standard InChI is InChI=1S/C8H17NO4.C4H9NOS/c1-3-4-8(2,5-10)6(11)13-7(9)12;1-3(2)5-4(6)7/h6,10-11H,3-5H2,1-2H3,(H2,9,12);3H,1-2H3,(H2,5,6,7)/p-1. The monoisotopic (exact) mass is 309 g/mol. The fraction of sp³-hybridized carbons (Fsp3) is 0.833. The van der Waals surface area contributed by atoms with E-state index in [1.807, 2.05) is 20.8 Å².